The van der Waals surface area contributed by atoms with Crippen LogP contribution in [-0.4, -0.2) is 22.0 Å². The molecule has 2 unspecified atom stereocenters. The third kappa shape index (κ3) is 4.62. The van der Waals surface area contributed by atoms with Crippen molar-refractivity contribution in [3.63, 3.8) is 0 Å². The maximum Gasteiger partial charge on any atom is 0.146 e. The number of halogens is 1. The fourth-order valence-electron chi connectivity index (χ4n) is 0.554. The van der Waals surface area contributed by atoms with E-state index in [-0.39, 0.29) is 5.38 Å². The van der Waals surface area contributed by atoms with Crippen molar-refractivity contribution in [1.29, 1.82) is 0 Å². The van der Waals surface area contributed by atoms with Gasteiger partial charge in [-0.3, -0.25) is 0 Å². The van der Waals surface area contributed by atoms with Gasteiger partial charge >= 0.3 is 0 Å². The van der Waals surface area contributed by atoms with Gasteiger partial charge in [0.25, 0.3) is 0 Å². The van der Waals surface area contributed by atoms with Crippen molar-refractivity contribution in [3.05, 3.63) is 0 Å². The second-order valence-electron chi connectivity index (χ2n) is 2.06. The first-order valence-electron chi connectivity index (χ1n) is 2.83. The molecule has 0 spiro atoms. The van der Waals surface area contributed by atoms with Gasteiger partial charge < -0.3 is 4.43 Å². The molecule has 0 radical (unpaired) electrons. The summed E-state index contributed by atoms with van der Waals surface area (Å²) in [7, 11) is 0.820. The van der Waals surface area contributed by atoms with Gasteiger partial charge in [-0.15, -0.1) is 11.6 Å². The molecule has 0 bridgehead atoms. The van der Waals surface area contributed by atoms with Gasteiger partial charge in [0.2, 0.25) is 0 Å². The Balaban J connectivity index is 3.10. The summed E-state index contributed by atoms with van der Waals surface area (Å²) in [6.45, 7) is 4.03. The molecular formula is C5H13ClOSi. The minimum Gasteiger partial charge on any atom is -0.425 e. The van der Waals surface area contributed by atoms with E-state index in [1.54, 1.807) is 0 Å². The highest BCUT2D eigenvalue weighted by atomic mass is 35.5. The SMILES string of the molecule is CC(Cl)CC(C)O[SiH3]. The fraction of sp³-hybridized carbons (Fsp3) is 1.00. The van der Waals surface area contributed by atoms with Gasteiger partial charge in [-0.1, -0.05) is 0 Å². The van der Waals surface area contributed by atoms with Crippen LogP contribution in [0.25, 0.3) is 0 Å². The Morgan fingerprint density at radius 3 is 2.25 bits per heavy atom. The summed E-state index contributed by atoms with van der Waals surface area (Å²) in [6, 6.07) is 0. The molecule has 2 atom stereocenters. The molecule has 0 saturated heterocycles. The molecule has 1 nitrogen and oxygen atoms in total. The monoisotopic (exact) mass is 152 g/mol. The average Bonchev–Trinajstić information content (AvgIpc) is 1.65. The van der Waals surface area contributed by atoms with Gasteiger partial charge in [0, 0.05) is 11.5 Å². The zero-order valence-electron chi connectivity index (χ0n) is 5.65. The lowest BCUT2D eigenvalue weighted by Crippen LogP contribution is -2.10. The lowest BCUT2D eigenvalue weighted by molar-refractivity contribution is 0.232. The molecule has 0 rings (SSSR count). The standard InChI is InChI=1S/C5H13ClOSi/c1-4(6)3-5(2)7-8/h4-5H,3H2,1-2,8H3. The van der Waals surface area contributed by atoms with Gasteiger partial charge in [0.05, 0.1) is 0 Å². The lowest BCUT2D eigenvalue weighted by Gasteiger charge is -2.09. The molecule has 0 saturated carbocycles. The first-order valence-corrected chi connectivity index (χ1v) is 4.09. The molecule has 0 aliphatic rings. The molecule has 0 aromatic carbocycles. The minimum atomic E-state index is 0.249. The summed E-state index contributed by atoms with van der Waals surface area (Å²) in [5, 5.41) is 0.249. The van der Waals surface area contributed by atoms with Crippen LogP contribution in [-0.2, 0) is 4.43 Å². The van der Waals surface area contributed by atoms with Crippen molar-refractivity contribution in [1.82, 2.24) is 0 Å². The topological polar surface area (TPSA) is 9.23 Å². The largest absolute Gasteiger partial charge is 0.425 e. The minimum absolute atomic E-state index is 0.249. The third-order valence-corrected chi connectivity index (χ3v) is 2.04. The molecule has 0 aliphatic carbocycles. The number of hydrogen-bond donors (Lipinski definition) is 0. The predicted molar refractivity (Wildman–Crippen MR) is 40.4 cm³/mol. The highest BCUT2D eigenvalue weighted by Gasteiger charge is 2.02. The fourth-order valence-corrected chi connectivity index (χ4v) is 0.997. The first-order chi connectivity index (χ1) is 3.66. The van der Waals surface area contributed by atoms with Crippen molar-refractivity contribution in [3.8, 4) is 0 Å². The van der Waals surface area contributed by atoms with E-state index < -0.39 is 0 Å². The molecule has 0 amide bonds. The second-order valence-corrected chi connectivity index (χ2v) is 3.28. The van der Waals surface area contributed by atoms with Crippen LogP contribution in [0.5, 0.6) is 0 Å². The molecule has 50 valence electrons. The van der Waals surface area contributed by atoms with Crippen molar-refractivity contribution < 1.29 is 4.43 Å². The van der Waals surface area contributed by atoms with Crippen molar-refractivity contribution in [2.45, 2.75) is 31.7 Å². The molecule has 0 aromatic heterocycles. The first kappa shape index (κ1) is 8.47. The van der Waals surface area contributed by atoms with Crippen molar-refractivity contribution >= 4 is 22.1 Å². The maximum atomic E-state index is 5.69. The van der Waals surface area contributed by atoms with Crippen molar-refractivity contribution in [2.24, 2.45) is 0 Å². The van der Waals surface area contributed by atoms with Gasteiger partial charge in [-0.2, -0.15) is 0 Å². The molecule has 8 heavy (non-hydrogen) atoms. The van der Waals surface area contributed by atoms with Gasteiger partial charge in [-0.05, 0) is 20.3 Å². The van der Waals surface area contributed by atoms with Gasteiger partial charge in [0.15, 0.2) is 0 Å². The normalized spacial score (nSPS) is 18.4. The van der Waals surface area contributed by atoms with Gasteiger partial charge in [0.1, 0.15) is 10.5 Å². The molecule has 0 aromatic rings. The van der Waals surface area contributed by atoms with Crippen LogP contribution in [0.3, 0.4) is 0 Å². The van der Waals surface area contributed by atoms with Crippen LogP contribution in [0.1, 0.15) is 20.3 Å². The molecule has 3 heteroatoms. The highest BCUT2D eigenvalue weighted by Crippen LogP contribution is 2.05. The average molecular weight is 153 g/mol. The van der Waals surface area contributed by atoms with E-state index in [2.05, 4.69) is 0 Å². The van der Waals surface area contributed by atoms with Crippen LogP contribution in [0, 0.1) is 0 Å². The summed E-state index contributed by atoms with van der Waals surface area (Å²) in [5.74, 6) is 0. The third-order valence-electron chi connectivity index (χ3n) is 1.06. The second kappa shape index (κ2) is 4.36. The molecule has 0 aliphatic heterocycles. The van der Waals surface area contributed by atoms with E-state index in [0.717, 1.165) is 16.9 Å². The summed E-state index contributed by atoms with van der Waals surface area (Å²) >= 11 is 5.69. The summed E-state index contributed by atoms with van der Waals surface area (Å²) in [6.07, 6.45) is 1.32. The Morgan fingerprint density at radius 2 is 2.12 bits per heavy atom. The zero-order chi connectivity index (χ0) is 6.57. The van der Waals surface area contributed by atoms with E-state index in [9.17, 15) is 0 Å². The maximum absolute atomic E-state index is 5.69. The van der Waals surface area contributed by atoms with E-state index >= 15 is 0 Å². The Labute approximate surface area is 58.9 Å². The Kier molecular flexibility index (Phi) is 4.61. The smallest absolute Gasteiger partial charge is 0.146 e. The van der Waals surface area contributed by atoms with Crippen LogP contribution in [0.2, 0.25) is 0 Å². The predicted octanol–water partition coefficient (Wildman–Crippen LogP) is 0.689. The molecule has 0 N–H and O–H groups in total. The van der Waals surface area contributed by atoms with Crippen molar-refractivity contribution in [2.75, 3.05) is 0 Å². The lowest BCUT2D eigenvalue weighted by atomic mass is 10.2. The van der Waals surface area contributed by atoms with Crippen LogP contribution in [0.15, 0.2) is 0 Å². The zero-order valence-corrected chi connectivity index (χ0v) is 8.40. The van der Waals surface area contributed by atoms with E-state index in [1.807, 2.05) is 13.8 Å². The summed E-state index contributed by atoms with van der Waals surface area (Å²) in [4.78, 5) is 0. The Hall–Kier alpha value is 0.467. The molecular weight excluding hydrogens is 140 g/mol. The Bertz CT molecular complexity index is 58.4. The van der Waals surface area contributed by atoms with Gasteiger partial charge in [-0.25, -0.2) is 0 Å². The number of rotatable bonds is 3. The number of hydrogen-bond acceptors (Lipinski definition) is 1. The van der Waals surface area contributed by atoms with Crippen LogP contribution < -0.4 is 0 Å². The number of alkyl halides is 1. The Morgan fingerprint density at radius 1 is 1.62 bits per heavy atom. The molecule has 0 heterocycles. The van der Waals surface area contributed by atoms with E-state index in [0.29, 0.717) is 6.10 Å². The van der Waals surface area contributed by atoms with Crippen LogP contribution >= 0.6 is 11.6 Å². The summed E-state index contributed by atoms with van der Waals surface area (Å²) in [5.41, 5.74) is 0. The highest BCUT2D eigenvalue weighted by molar-refractivity contribution is 6.20. The summed E-state index contributed by atoms with van der Waals surface area (Å²) < 4.78 is 5.12. The molecule has 0 fully saturated rings. The van der Waals surface area contributed by atoms with Crippen LogP contribution in [0.4, 0.5) is 0 Å². The van der Waals surface area contributed by atoms with E-state index in [4.69, 9.17) is 16.0 Å². The van der Waals surface area contributed by atoms with E-state index in [1.165, 1.54) is 0 Å². The quantitative estimate of drug-likeness (QED) is 0.427.